The number of benzene rings is 2. The Bertz CT molecular complexity index is 1360. The maximum atomic E-state index is 13.6. The number of para-hydroxylation sites is 1. The highest BCUT2D eigenvalue weighted by Gasteiger charge is 2.14. The highest BCUT2D eigenvalue weighted by molar-refractivity contribution is 7.99. The topological polar surface area (TPSA) is 78.7 Å². The molecule has 1 atom stereocenters. The zero-order valence-corrected chi connectivity index (χ0v) is 18.5. The number of rotatable bonds is 4. The van der Waals surface area contributed by atoms with Gasteiger partial charge in [0, 0.05) is 19.0 Å². The van der Waals surface area contributed by atoms with E-state index in [9.17, 15) is 4.79 Å². The van der Waals surface area contributed by atoms with E-state index in [1.165, 1.54) is 11.8 Å². The van der Waals surface area contributed by atoms with E-state index < -0.39 is 0 Å². The first-order valence-electron chi connectivity index (χ1n) is 10.1. The molecular weight excluding hydrogens is 406 g/mol. The van der Waals surface area contributed by atoms with Crippen LogP contribution < -0.4 is 11.3 Å². The molecule has 4 rings (SSSR count). The van der Waals surface area contributed by atoms with Gasteiger partial charge in [0.15, 0.2) is 0 Å². The Morgan fingerprint density at radius 3 is 2.55 bits per heavy atom. The van der Waals surface area contributed by atoms with Crippen LogP contribution in [0.15, 0.2) is 64.5 Å². The minimum Gasteiger partial charge on any atom is -0.319 e. The lowest BCUT2D eigenvalue weighted by Gasteiger charge is -2.13. The van der Waals surface area contributed by atoms with E-state index >= 15 is 0 Å². The first-order chi connectivity index (χ1) is 15.0. The molecule has 0 spiro atoms. The molecule has 4 aromatic rings. The average molecular weight is 430 g/mol. The van der Waals surface area contributed by atoms with Crippen LogP contribution >= 0.6 is 11.8 Å². The van der Waals surface area contributed by atoms with E-state index in [0.717, 1.165) is 22.1 Å². The molecule has 0 amide bonds. The van der Waals surface area contributed by atoms with Crippen LogP contribution in [0.5, 0.6) is 0 Å². The summed E-state index contributed by atoms with van der Waals surface area (Å²) in [5.41, 5.74) is 8.70. The highest BCUT2D eigenvalue weighted by atomic mass is 32.2. The number of nitrogens with two attached hydrogens (primary N) is 1. The Morgan fingerprint density at radius 2 is 1.84 bits per heavy atom. The van der Waals surface area contributed by atoms with E-state index in [2.05, 4.69) is 16.9 Å². The number of hydrogen-bond donors (Lipinski definition) is 1. The molecule has 156 valence electrons. The van der Waals surface area contributed by atoms with Crippen molar-refractivity contribution in [3.8, 4) is 17.5 Å². The van der Waals surface area contributed by atoms with Gasteiger partial charge in [-0.1, -0.05) is 54.8 Å². The largest absolute Gasteiger partial charge is 0.319 e. The van der Waals surface area contributed by atoms with Gasteiger partial charge in [-0.05, 0) is 31.2 Å². The zero-order chi connectivity index (χ0) is 22.0. The summed E-state index contributed by atoms with van der Waals surface area (Å²) in [6.45, 7) is 3.92. The zero-order valence-electron chi connectivity index (χ0n) is 17.7. The second-order valence-corrected chi connectivity index (χ2v) is 8.48. The molecule has 1 unspecified atom stereocenters. The minimum atomic E-state index is -0.116. The fourth-order valence-electron chi connectivity index (χ4n) is 3.42. The summed E-state index contributed by atoms with van der Waals surface area (Å²) in [5, 5.41) is 5.63. The summed E-state index contributed by atoms with van der Waals surface area (Å²) in [4.78, 5) is 18.3. The lowest BCUT2D eigenvalue weighted by molar-refractivity contribution is 0.696. The maximum absolute atomic E-state index is 13.6. The molecular formula is C24H23N5OS. The molecule has 0 bridgehead atoms. The van der Waals surface area contributed by atoms with Gasteiger partial charge in [0.05, 0.1) is 33.7 Å². The second kappa shape index (κ2) is 8.80. The van der Waals surface area contributed by atoms with Gasteiger partial charge in [-0.25, -0.2) is 4.98 Å². The Kier molecular flexibility index (Phi) is 5.94. The highest BCUT2D eigenvalue weighted by Crippen LogP contribution is 2.24. The summed E-state index contributed by atoms with van der Waals surface area (Å²) < 4.78 is 3.44. The van der Waals surface area contributed by atoms with Crippen molar-refractivity contribution in [3.63, 3.8) is 0 Å². The molecule has 0 aliphatic rings. The summed E-state index contributed by atoms with van der Waals surface area (Å²) in [5.74, 6) is 7.07. The predicted octanol–water partition coefficient (Wildman–Crippen LogP) is 3.48. The molecule has 0 radical (unpaired) electrons. The summed E-state index contributed by atoms with van der Waals surface area (Å²) in [6, 6.07) is 15.2. The van der Waals surface area contributed by atoms with Gasteiger partial charge in [-0.15, -0.1) is 0 Å². The SMILES string of the molecule is CCc1nc2cccc(C#Cc3cnn(C)c3SC(C)N)c2c(=O)n1-c1ccccc1. The molecule has 0 aliphatic carbocycles. The monoisotopic (exact) mass is 429 g/mol. The first-order valence-corrected chi connectivity index (χ1v) is 10.9. The van der Waals surface area contributed by atoms with Crippen LogP contribution in [-0.4, -0.2) is 24.7 Å². The van der Waals surface area contributed by atoms with Crippen molar-refractivity contribution in [2.45, 2.75) is 30.7 Å². The standard InChI is InChI=1S/C24H23N5OS/c1-4-21-27-20-12-8-9-17(13-14-18-15-26-28(3)24(18)31-16(2)25)22(20)23(30)29(21)19-10-6-5-7-11-19/h5-12,15-16H,4,25H2,1-3H3. The lowest BCUT2D eigenvalue weighted by atomic mass is 10.1. The summed E-state index contributed by atoms with van der Waals surface area (Å²) in [7, 11) is 1.86. The first kappa shape index (κ1) is 20.9. The number of aromatic nitrogens is 4. The molecule has 0 saturated heterocycles. The summed E-state index contributed by atoms with van der Waals surface area (Å²) in [6.07, 6.45) is 2.36. The molecule has 6 nitrogen and oxygen atoms in total. The molecule has 0 fully saturated rings. The van der Waals surface area contributed by atoms with Crippen molar-refractivity contribution >= 4 is 22.7 Å². The molecule has 2 N–H and O–H groups in total. The maximum Gasteiger partial charge on any atom is 0.267 e. The third-order valence-corrected chi connectivity index (χ3v) is 5.89. The molecule has 2 heterocycles. The molecule has 0 saturated carbocycles. The Balaban J connectivity index is 1.91. The Labute approximate surface area is 185 Å². The van der Waals surface area contributed by atoms with Crippen LogP contribution in [0.3, 0.4) is 0 Å². The fourth-order valence-corrected chi connectivity index (χ4v) is 4.21. The van der Waals surface area contributed by atoms with Crippen molar-refractivity contribution in [2.24, 2.45) is 12.8 Å². The van der Waals surface area contributed by atoms with Crippen molar-refractivity contribution in [2.75, 3.05) is 0 Å². The van der Waals surface area contributed by atoms with Crippen LogP contribution in [0.1, 0.15) is 30.8 Å². The van der Waals surface area contributed by atoms with Gasteiger partial charge < -0.3 is 5.73 Å². The number of nitrogens with zero attached hydrogens (tertiary/aromatic N) is 4. The normalized spacial score (nSPS) is 11.9. The van der Waals surface area contributed by atoms with Crippen molar-refractivity contribution in [1.29, 1.82) is 0 Å². The molecule has 0 aliphatic heterocycles. The van der Waals surface area contributed by atoms with E-state index in [1.807, 2.05) is 69.4 Å². The van der Waals surface area contributed by atoms with Gasteiger partial charge in [0.2, 0.25) is 0 Å². The van der Waals surface area contributed by atoms with Crippen LogP contribution in [-0.2, 0) is 13.5 Å². The van der Waals surface area contributed by atoms with Crippen molar-refractivity contribution in [3.05, 3.63) is 82.0 Å². The fraction of sp³-hybridized carbons (Fsp3) is 0.208. The van der Waals surface area contributed by atoms with Crippen LogP contribution in [0.4, 0.5) is 0 Å². The average Bonchev–Trinajstić information content (AvgIpc) is 3.11. The quantitative estimate of drug-likeness (QED) is 0.305. The van der Waals surface area contributed by atoms with Crippen LogP contribution in [0.25, 0.3) is 16.6 Å². The summed E-state index contributed by atoms with van der Waals surface area (Å²) >= 11 is 1.50. The Morgan fingerprint density at radius 1 is 1.10 bits per heavy atom. The van der Waals surface area contributed by atoms with Gasteiger partial charge >= 0.3 is 0 Å². The van der Waals surface area contributed by atoms with Gasteiger partial charge in [-0.2, -0.15) is 5.10 Å². The number of aryl methyl sites for hydroxylation is 2. The smallest absolute Gasteiger partial charge is 0.267 e. The Hall–Kier alpha value is -3.34. The number of hydrogen-bond acceptors (Lipinski definition) is 5. The van der Waals surface area contributed by atoms with Gasteiger partial charge in [0.1, 0.15) is 10.9 Å². The minimum absolute atomic E-state index is 0.0803. The molecule has 2 aromatic heterocycles. The van der Waals surface area contributed by atoms with Crippen LogP contribution in [0, 0.1) is 11.8 Å². The molecule has 7 heteroatoms. The lowest BCUT2D eigenvalue weighted by Crippen LogP contribution is -2.24. The van der Waals surface area contributed by atoms with Crippen molar-refractivity contribution < 1.29 is 0 Å². The molecule has 2 aromatic carbocycles. The van der Waals surface area contributed by atoms with Gasteiger partial charge in [0.25, 0.3) is 5.56 Å². The van der Waals surface area contributed by atoms with E-state index in [1.54, 1.807) is 15.4 Å². The molecule has 31 heavy (non-hydrogen) atoms. The van der Waals surface area contributed by atoms with Crippen LogP contribution in [0.2, 0.25) is 0 Å². The number of thioether (sulfide) groups is 1. The number of fused-ring (bicyclic) bond motifs is 1. The van der Waals surface area contributed by atoms with Gasteiger partial charge in [-0.3, -0.25) is 14.0 Å². The van der Waals surface area contributed by atoms with E-state index in [0.29, 0.717) is 22.9 Å². The van der Waals surface area contributed by atoms with E-state index in [4.69, 9.17) is 10.7 Å². The third-order valence-electron chi connectivity index (χ3n) is 4.81. The van der Waals surface area contributed by atoms with E-state index in [-0.39, 0.29) is 10.9 Å². The second-order valence-electron chi connectivity index (χ2n) is 7.12. The third kappa shape index (κ3) is 4.13. The van der Waals surface area contributed by atoms with Crippen molar-refractivity contribution in [1.82, 2.24) is 19.3 Å². The predicted molar refractivity (Wildman–Crippen MR) is 125 cm³/mol.